The second kappa shape index (κ2) is 5.71. The Balaban J connectivity index is 0. The first kappa shape index (κ1) is 13.7. The van der Waals surface area contributed by atoms with Crippen LogP contribution in [0.3, 0.4) is 0 Å². The zero-order chi connectivity index (χ0) is 10.4. The van der Waals surface area contributed by atoms with Gasteiger partial charge in [0.25, 0.3) is 0 Å². The first-order valence-electron chi connectivity index (χ1n) is 2.85. The number of rotatable bonds is 2. The Labute approximate surface area is 70.7 Å². The molecule has 0 unspecified atom stereocenters. The molecule has 0 fully saturated rings. The third kappa shape index (κ3) is 11.8. The molecule has 0 atom stereocenters. The maximum absolute atomic E-state index is 9.93. The quantitative estimate of drug-likeness (QED) is 0.435. The van der Waals surface area contributed by atoms with Gasteiger partial charge in [0, 0.05) is 5.31 Å². The van der Waals surface area contributed by atoms with Gasteiger partial charge in [-0.1, -0.05) is 13.2 Å². The summed E-state index contributed by atoms with van der Waals surface area (Å²) in [6, 6.07) is 0. The number of allylic oxidation sites excluding steroid dienone is 1. The second-order valence-electron chi connectivity index (χ2n) is 1.89. The molecule has 4 N–H and O–H groups in total. The van der Waals surface area contributed by atoms with Crippen molar-refractivity contribution in [2.75, 3.05) is 0 Å². The summed E-state index contributed by atoms with van der Waals surface area (Å²) in [7, 11) is -3.93. The van der Waals surface area contributed by atoms with E-state index in [2.05, 4.69) is 18.9 Å². The van der Waals surface area contributed by atoms with Crippen molar-refractivity contribution >= 4 is 13.5 Å². The molecule has 0 heterocycles. The molecule has 0 aromatic rings. The molecule has 0 aromatic carbocycles. The van der Waals surface area contributed by atoms with Gasteiger partial charge in [-0.15, -0.1) is 0 Å². The van der Waals surface area contributed by atoms with Crippen molar-refractivity contribution in [3.8, 4) is 0 Å². The van der Waals surface area contributed by atoms with Crippen molar-refractivity contribution < 1.29 is 19.1 Å². The summed E-state index contributed by atoms with van der Waals surface area (Å²) in [6.07, 6.45) is 1.06. The average Bonchev–Trinajstić information content (AvgIpc) is 1.87. The van der Waals surface area contributed by atoms with Gasteiger partial charge < -0.3 is 15.5 Å². The van der Waals surface area contributed by atoms with Crippen LogP contribution in [0.1, 0.15) is 6.92 Å². The fourth-order valence-electron chi connectivity index (χ4n) is 0. The van der Waals surface area contributed by atoms with Crippen molar-refractivity contribution in [3.05, 3.63) is 24.5 Å². The van der Waals surface area contributed by atoms with E-state index >= 15 is 0 Å². The van der Waals surface area contributed by atoms with Crippen LogP contribution in [0.2, 0.25) is 0 Å². The first-order valence-corrected chi connectivity index (χ1v) is 4.46. The number of nitrogens with two attached hydrogens (primary N) is 1. The van der Waals surface area contributed by atoms with Crippen LogP contribution in [0, 0.1) is 0 Å². The number of carbonyl (C=O) groups is 1. The molecule has 0 aliphatic rings. The Morgan fingerprint density at radius 3 is 1.75 bits per heavy atom. The number of hydrogen-bond acceptors (Lipinski definition) is 2. The summed E-state index contributed by atoms with van der Waals surface area (Å²) in [5, 5.41) is -0.0903. The summed E-state index contributed by atoms with van der Waals surface area (Å²) >= 11 is 0. The van der Waals surface area contributed by atoms with Crippen molar-refractivity contribution in [1.82, 2.24) is 0 Å². The van der Waals surface area contributed by atoms with E-state index in [0.717, 1.165) is 6.08 Å². The van der Waals surface area contributed by atoms with Gasteiger partial charge in [0.15, 0.2) is 0 Å². The van der Waals surface area contributed by atoms with Crippen molar-refractivity contribution in [2.24, 2.45) is 5.73 Å². The van der Waals surface area contributed by atoms with E-state index < -0.39 is 13.5 Å². The van der Waals surface area contributed by atoms with Gasteiger partial charge in [0.1, 0.15) is 0 Å². The Morgan fingerprint density at radius 2 is 1.75 bits per heavy atom. The summed E-state index contributed by atoms with van der Waals surface area (Å²) < 4.78 is 9.93. The summed E-state index contributed by atoms with van der Waals surface area (Å²) in [6.45, 7) is 7.44. The van der Waals surface area contributed by atoms with Gasteiger partial charge in [0.05, 0.1) is 0 Å². The Bertz CT molecular complexity index is 230. The number of hydrogen-bond donors (Lipinski definition) is 3. The maximum atomic E-state index is 9.93. The lowest BCUT2D eigenvalue weighted by Gasteiger charge is -1.97. The largest absolute Gasteiger partial charge is 0.366 e. The van der Waals surface area contributed by atoms with Gasteiger partial charge in [-0.25, -0.2) is 0 Å². The highest BCUT2D eigenvalue weighted by atomic mass is 31.2. The second-order valence-corrected chi connectivity index (χ2v) is 3.74. The lowest BCUT2D eigenvalue weighted by atomic mass is 10.6. The molecule has 0 bridgehead atoms. The topological polar surface area (TPSA) is 101 Å². The molecule has 0 radical (unpaired) electrons. The van der Waals surface area contributed by atoms with Crippen LogP contribution in [0.15, 0.2) is 24.5 Å². The molecule has 0 saturated carbocycles. The van der Waals surface area contributed by atoms with E-state index in [1.165, 1.54) is 6.92 Å². The van der Waals surface area contributed by atoms with Crippen LogP contribution in [-0.4, -0.2) is 15.7 Å². The molecule has 0 rings (SSSR count). The monoisotopic (exact) mass is 193 g/mol. The smallest absolute Gasteiger partial charge is 0.351 e. The maximum Gasteiger partial charge on any atom is 0.351 e. The molecule has 0 aliphatic carbocycles. The SMILES string of the molecule is C=C(C)P(=O)(O)O.C=CC(N)=O. The average molecular weight is 193 g/mol. The summed E-state index contributed by atoms with van der Waals surface area (Å²) in [4.78, 5) is 25.7. The molecule has 70 valence electrons. The fourth-order valence-corrected chi connectivity index (χ4v) is 0. The number of primary amides is 1. The van der Waals surface area contributed by atoms with E-state index in [-0.39, 0.29) is 5.31 Å². The molecule has 6 heteroatoms. The third-order valence-electron chi connectivity index (χ3n) is 0.698. The molecule has 0 aliphatic heterocycles. The predicted molar refractivity (Wildman–Crippen MR) is 46.2 cm³/mol. The van der Waals surface area contributed by atoms with Gasteiger partial charge in [0.2, 0.25) is 5.91 Å². The fraction of sp³-hybridized carbons (Fsp3) is 0.167. The van der Waals surface area contributed by atoms with Gasteiger partial charge in [-0.05, 0) is 13.0 Å². The molecule has 12 heavy (non-hydrogen) atoms. The van der Waals surface area contributed by atoms with Crippen molar-refractivity contribution in [2.45, 2.75) is 6.92 Å². The summed E-state index contributed by atoms with van der Waals surface area (Å²) in [5.41, 5.74) is 4.53. The zero-order valence-electron chi connectivity index (χ0n) is 6.73. The minimum Gasteiger partial charge on any atom is -0.366 e. The van der Waals surface area contributed by atoms with Crippen LogP contribution in [0.5, 0.6) is 0 Å². The minimum absolute atomic E-state index is 0.0903. The van der Waals surface area contributed by atoms with Gasteiger partial charge >= 0.3 is 7.60 Å². The van der Waals surface area contributed by atoms with Crippen LogP contribution in [-0.2, 0) is 9.36 Å². The number of carbonyl (C=O) groups excluding carboxylic acids is 1. The Kier molecular flexibility index (Phi) is 6.51. The molecule has 0 spiro atoms. The molecule has 5 nitrogen and oxygen atoms in total. The van der Waals surface area contributed by atoms with Crippen molar-refractivity contribution in [1.29, 1.82) is 0 Å². The standard InChI is InChI=1S/C3H5NO.C3H7O3P/c1-2-3(4)5;1-3(2)7(4,5)6/h2H,1H2,(H2,4,5);1H2,2H3,(H2,4,5,6). The van der Waals surface area contributed by atoms with Crippen LogP contribution in [0.25, 0.3) is 0 Å². The highest BCUT2D eigenvalue weighted by Crippen LogP contribution is 2.42. The Morgan fingerprint density at radius 1 is 1.58 bits per heavy atom. The zero-order valence-corrected chi connectivity index (χ0v) is 7.62. The van der Waals surface area contributed by atoms with Gasteiger partial charge in [-0.3, -0.25) is 9.36 Å². The molecular weight excluding hydrogens is 181 g/mol. The highest BCUT2D eigenvalue weighted by molar-refractivity contribution is 7.56. The van der Waals surface area contributed by atoms with Crippen molar-refractivity contribution in [3.63, 3.8) is 0 Å². The normalized spacial score (nSPS) is 9.25. The van der Waals surface area contributed by atoms with Crippen LogP contribution >= 0.6 is 7.60 Å². The predicted octanol–water partition coefficient (Wildman–Crippen LogP) is 0.355. The minimum atomic E-state index is -3.93. The first-order chi connectivity index (χ1) is 5.21. The number of amides is 1. The third-order valence-corrected chi connectivity index (χ3v) is 1.69. The highest BCUT2D eigenvalue weighted by Gasteiger charge is 2.11. The molecule has 0 aromatic heterocycles. The van der Waals surface area contributed by atoms with Gasteiger partial charge in [-0.2, -0.15) is 0 Å². The molecule has 0 saturated heterocycles. The van der Waals surface area contributed by atoms with E-state index in [1.54, 1.807) is 0 Å². The lowest BCUT2D eigenvalue weighted by Crippen LogP contribution is -2.04. The summed E-state index contributed by atoms with van der Waals surface area (Å²) in [5.74, 6) is -0.481. The Hall–Kier alpha value is -0.900. The van der Waals surface area contributed by atoms with E-state index in [9.17, 15) is 9.36 Å². The molecular formula is C6H12NO4P. The van der Waals surface area contributed by atoms with E-state index in [1.807, 2.05) is 0 Å². The van der Waals surface area contributed by atoms with E-state index in [4.69, 9.17) is 9.79 Å². The van der Waals surface area contributed by atoms with Crippen LogP contribution < -0.4 is 5.73 Å². The molecule has 1 amide bonds. The van der Waals surface area contributed by atoms with E-state index in [0.29, 0.717) is 0 Å². The lowest BCUT2D eigenvalue weighted by molar-refractivity contribution is -0.113. The van der Waals surface area contributed by atoms with Crippen LogP contribution in [0.4, 0.5) is 0 Å².